The fourth-order valence-electron chi connectivity index (χ4n) is 3.69. The molecule has 0 bridgehead atoms. The van der Waals surface area contributed by atoms with Crippen LogP contribution < -0.4 is 10.6 Å². The van der Waals surface area contributed by atoms with Crippen LogP contribution in [0, 0.1) is 11.6 Å². The highest BCUT2D eigenvalue weighted by atomic mass is 19.1. The molecule has 3 N–H and O–H groups in total. The van der Waals surface area contributed by atoms with Gasteiger partial charge in [0.1, 0.15) is 11.6 Å². The molecular weight excluding hydrogens is 422 g/mol. The van der Waals surface area contributed by atoms with Gasteiger partial charge >= 0.3 is 0 Å². The van der Waals surface area contributed by atoms with Gasteiger partial charge in [-0.25, -0.2) is 8.78 Å². The first kappa shape index (κ1) is 26.9. The summed E-state index contributed by atoms with van der Waals surface area (Å²) >= 11 is 0. The molecule has 0 fully saturated rings. The largest absolute Gasteiger partial charge is 0.390 e. The first-order valence-electron chi connectivity index (χ1n) is 11.4. The first-order valence-corrected chi connectivity index (χ1v) is 11.4. The van der Waals surface area contributed by atoms with E-state index < -0.39 is 23.8 Å². The zero-order valence-corrected chi connectivity index (χ0v) is 20.9. The fraction of sp³-hybridized carbons (Fsp3) is 0.519. The van der Waals surface area contributed by atoms with Crippen molar-refractivity contribution < 1.29 is 18.7 Å². The number of benzene rings is 2. The van der Waals surface area contributed by atoms with Crippen LogP contribution in [0.25, 0.3) is 0 Å². The van der Waals surface area contributed by atoms with Gasteiger partial charge in [0.25, 0.3) is 0 Å². The van der Waals surface area contributed by atoms with Crippen molar-refractivity contribution in [2.24, 2.45) is 0 Å². The molecule has 0 aromatic heterocycles. The number of rotatable bonds is 8. The second kappa shape index (κ2) is 10.7. The van der Waals surface area contributed by atoms with Crippen molar-refractivity contribution in [2.75, 3.05) is 6.54 Å². The van der Waals surface area contributed by atoms with E-state index in [1.165, 1.54) is 30.2 Å². The predicted octanol–water partition coefficient (Wildman–Crippen LogP) is 4.76. The molecule has 2 atom stereocenters. The molecule has 182 valence electrons. The number of hydrogen-bond acceptors (Lipinski definition) is 3. The molecule has 0 aliphatic rings. The van der Waals surface area contributed by atoms with E-state index in [2.05, 4.69) is 70.4 Å². The quantitative estimate of drug-likeness (QED) is 0.532. The molecule has 2 aromatic rings. The molecule has 0 aliphatic heterocycles. The SMILES string of the molecule is CC(=O)N[C@@H](Cc1cc(F)cc(F)c1)[C@@H](O)CNCc1cc(C(C)(C)C)cc(C(C)(C)C)c1. The molecular formula is C27H38F2N2O2. The molecule has 0 aliphatic carbocycles. The Morgan fingerprint density at radius 2 is 1.39 bits per heavy atom. The maximum absolute atomic E-state index is 13.6. The van der Waals surface area contributed by atoms with Gasteiger partial charge in [0, 0.05) is 26.1 Å². The van der Waals surface area contributed by atoms with Gasteiger partial charge in [-0.1, -0.05) is 59.7 Å². The number of hydrogen-bond donors (Lipinski definition) is 3. The van der Waals surface area contributed by atoms with Crippen LogP contribution in [-0.2, 0) is 28.6 Å². The third kappa shape index (κ3) is 8.52. The standard InChI is InChI=1S/C27H38F2N2O2/c1-17(32)31-24(12-18-10-22(28)14-23(29)11-18)25(33)16-30-15-19-8-20(26(2,3)4)13-21(9-19)27(5,6)7/h8-11,13-14,24-25,30,33H,12,15-16H2,1-7H3,(H,31,32)/t24-,25-/m0/s1. The Bertz CT molecular complexity index is 909. The van der Waals surface area contributed by atoms with Crippen molar-refractivity contribution in [1.29, 1.82) is 0 Å². The van der Waals surface area contributed by atoms with Crippen LogP contribution in [0.2, 0.25) is 0 Å². The lowest BCUT2D eigenvalue weighted by molar-refractivity contribution is -0.120. The van der Waals surface area contributed by atoms with Crippen molar-refractivity contribution >= 4 is 5.91 Å². The normalized spacial score (nSPS) is 14.1. The van der Waals surface area contributed by atoms with E-state index in [0.717, 1.165) is 11.6 Å². The number of aliphatic hydroxyl groups is 1. The molecule has 0 spiro atoms. The molecule has 0 saturated heterocycles. The minimum atomic E-state index is -0.937. The molecule has 0 radical (unpaired) electrons. The number of amides is 1. The smallest absolute Gasteiger partial charge is 0.217 e. The number of carbonyl (C=O) groups is 1. The van der Waals surface area contributed by atoms with Gasteiger partial charge in [-0.2, -0.15) is 0 Å². The lowest BCUT2D eigenvalue weighted by atomic mass is 9.79. The van der Waals surface area contributed by atoms with Gasteiger partial charge in [-0.15, -0.1) is 0 Å². The number of nitrogens with one attached hydrogen (secondary N) is 2. The van der Waals surface area contributed by atoms with Crippen LogP contribution in [0.4, 0.5) is 8.78 Å². The molecule has 6 heteroatoms. The highest BCUT2D eigenvalue weighted by Gasteiger charge is 2.23. The van der Waals surface area contributed by atoms with Crippen LogP contribution in [0.15, 0.2) is 36.4 Å². The van der Waals surface area contributed by atoms with Crippen molar-refractivity contribution in [3.63, 3.8) is 0 Å². The van der Waals surface area contributed by atoms with Crippen LogP contribution in [0.3, 0.4) is 0 Å². The molecule has 0 saturated carbocycles. The highest BCUT2D eigenvalue weighted by Crippen LogP contribution is 2.30. The van der Waals surface area contributed by atoms with Crippen molar-refractivity contribution in [3.05, 3.63) is 70.3 Å². The number of carbonyl (C=O) groups excluding carboxylic acids is 1. The minimum Gasteiger partial charge on any atom is -0.390 e. The van der Waals surface area contributed by atoms with Crippen LogP contribution >= 0.6 is 0 Å². The minimum absolute atomic E-state index is 0.00621. The Labute approximate surface area is 196 Å². The zero-order chi connectivity index (χ0) is 25.0. The first-order chi connectivity index (χ1) is 15.1. The summed E-state index contributed by atoms with van der Waals surface area (Å²) in [4.78, 5) is 11.7. The average molecular weight is 461 g/mol. The molecule has 1 amide bonds. The predicted molar refractivity (Wildman–Crippen MR) is 129 cm³/mol. The van der Waals surface area contributed by atoms with Crippen LogP contribution in [-0.4, -0.2) is 29.7 Å². The molecule has 4 nitrogen and oxygen atoms in total. The Morgan fingerprint density at radius 1 is 0.879 bits per heavy atom. The number of halogens is 2. The maximum Gasteiger partial charge on any atom is 0.217 e. The lowest BCUT2D eigenvalue weighted by Gasteiger charge is -2.27. The zero-order valence-electron chi connectivity index (χ0n) is 20.9. The van der Waals surface area contributed by atoms with Crippen LogP contribution in [0.5, 0.6) is 0 Å². The monoisotopic (exact) mass is 460 g/mol. The average Bonchev–Trinajstić information content (AvgIpc) is 2.64. The second-order valence-electron chi connectivity index (χ2n) is 10.9. The van der Waals surface area contributed by atoms with Crippen molar-refractivity contribution in [3.8, 4) is 0 Å². The maximum atomic E-state index is 13.6. The second-order valence-corrected chi connectivity index (χ2v) is 10.9. The van der Waals surface area contributed by atoms with Gasteiger partial charge < -0.3 is 15.7 Å². The lowest BCUT2D eigenvalue weighted by Crippen LogP contribution is -2.48. The fourth-order valence-corrected chi connectivity index (χ4v) is 3.69. The van der Waals surface area contributed by atoms with E-state index in [4.69, 9.17) is 0 Å². The number of aliphatic hydroxyl groups excluding tert-OH is 1. The molecule has 2 aromatic carbocycles. The summed E-state index contributed by atoms with van der Waals surface area (Å²) in [6.07, 6.45) is -0.821. The summed E-state index contributed by atoms with van der Waals surface area (Å²) in [5, 5.41) is 16.7. The van der Waals surface area contributed by atoms with Gasteiger partial charge in [-0.3, -0.25) is 4.79 Å². The van der Waals surface area contributed by atoms with Gasteiger partial charge in [0.15, 0.2) is 0 Å². The van der Waals surface area contributed by atoms with E-state index in [1.807, 2.05) is 0 Å². The van der Waals surface area contributed by atoms with Crippen LogP contribution in [0.1, 0.15) is 70.7 Å². The van der Waals surface area contributed by atoms with E-state index in [0.29, 0.717) is 12.1 Å². The Balaban J connectivity index is 2.12. The van der Waals surface area contributed by atoms with Gasteiger partial charge in [-0.05, 0) is 51.6 Å². The molecule has 33 heavy (non-hydrogen) atoms. The summed E-state index contributed by atoms with van der Waals surface area (Å²) in [6.45, 7) is 15.2. The van der Waals surface area contributed by atoms with E-state index in [1.54, 1.807) is 0 Å². The van der Waals surface area contributed by atoms with E-state index in [-0.39, 0.29) is 29.7 Å². The third-order valence-corrected chi connectivity index (χ3v) is 5.64. The summed E-state index contributed by atoms with van der Waals surface area (Å²) in [5.41, 5.74) is 3.99. The summed E-state index contributed by atoms with van der Waals surface area (Å²) in [7, 11) is 0. The Hall–Kier alpha value is -2.31. The topological polar surface area (TPSA) is 61.4 Å². The van der Waals surface area contributed by atoms with Crippen molar-refractivity contribution in [2.45, 2.75) is 84.4 Å². The Kier molecular flexibility index (Phi) is 8.77. The van der Waals surface area contributed by atoms with Gasteiger partial charge in [0.05, 0.1) is 12.1 Å². The third-order valence-electron chi connectivity index (χ3n) is 5.64. The Morgan fingerprint density at radius 3 is 1.85 bits per heavy atom. The van der Waals surface area contributed by atoms with Crippen molar-refractivity contribution in [1.82, 2.24) is 10.6 Å². The molecule has 0 unspecified atom stereocenters. The highest BCUT2D eigenvalue weighted by molar-refractivity contribution is 5.73. The molecule has 2 rings (SSSR count). The molecule has 0 heterocycles. The summed E-state index contributed by atoms with van der Waals surface area (Å²) < 4.78 is 27.1. The van der Waals surface area contributed by atoms with E-state index >= 15 is 0 Å². The van der Waals surface area contributed by atoms with E-state index in [9.17, 15) is 18.7 Å². The summed E-state index contributed by atoms with van der Waals surface area (Å²) in [6, 6.07) is 9.15. The van der Waals surface area contributed by atoms with Gasteiger partial charge in [0.2, 0.25) is 5.91 Å². The summed E-state index contributed by atoms with van der Waals surface area (Å²) in [5.74, 6) is -1.69.